The van der Waals surface area contributed by atoms with E-state index in [1.165, 1.54) is 4.90 Å². The minimum Gasteiger partial charge on any atom is -0.481 e. The van der Waals surface area contributed by atoms with Crippen LogP contribution in [0.25, 0.3) is 10.9 Å². The van der Waals surface area contributed by atoms with E-state index in [2.05, 4.69) is 5.10 Å². The molecule has 1 aliphatic rings. The lowest BCUT2D eigenvalue weighted by atomic mass is 10.1. The molecule has 7 nitrogen and oxygen atoms in total. The van der Waals surface area contributed by atoms with Gasteiger partial charge in [0.2, 0.25) is 5.91 Å². The quantitative estimate of drug-likeness (QED) is 0.897. The van der Waals surface area contributed by atoms with Crippen molar-refractivity contribution in [2.45, 2.75) is 6.54 Å². The van der Waals surface area contributed by atoms with E-state index >= 15 is 0 Å². The van der Waals surface area contributed by atoms with Gasteiger partial charge in [-0.2, -0.15) is 5.10 Å². The summed E-state index contributed by atoms with van der Waals surface area (Å²) in [6.07, 6.45) is 1.82. The van der Waals surface area contributed by atoms with Gasteiger partial charge in [-0.3, -0.25) is 14.3 Å². The fourth-order valence-corrected chi connectivity index (χ4v) is 2.52. The van der Waals surface area contributed by atoms with Crippen molar-refractivity contribution in [3.63, 3.8) is 0 Å². The molecular formula is C15H17N3O4. The van der Waals surface area contributed by atoms with E-state index in [0.717, 1.165) is 10.9 Å². The van der Waals surface area contributed by atoms with Crippen molar-refractivity contribution in [3.05, 3.63) is 30.5 Å². The van der Waals surface area contributed by atoms with Crippen molar-refractivity contribution in [2.75, 3.05) is 26.3 Å². The van der Waals surface area contributed by atoms with Crippen LogP contribution in [-0.4, -0.2) is 58.0 Å². The molecule has 1 aromatic carbocycles. The molecule has 1 saturated heterocycles. The Morgan fingerprint density at radius 2 is 2.18 bits per heavy atom. The molecule has 2 heterocycles. The van der Waals surface area contributed by atoms with Gasteiger partial charge in [0, 0.05) is 24.7 Å². The third-order valence-electron chi connectivity index (χ3n) is 3.73. The summed E-state index contributed by atoms with van der Waals surface area (Å²) in [6.45, 7) is 1.18. The highest BCUT2D eigenvalue weighted by atomic mass is 16.5. The molecule has 1 aliphatic heterocycles. The SMILES string of the molecule is O=C(O)C1COCCN(C(=O)Cn2cc3ccccc3n2)C1. The summed E-state index contributed by atoms with van der Waals surface area (Å²) < 4.78 is 6.84. The first-order valence-electron chi connectivity index (χ1n) is 7.14. The minimum absolute atomic E-state index is 0.0982. The maximum Gasteiger partial charge on any atom is 0.310 e. The number of ether oxygens (including phenoxy) is 1. The Bertz CT molecular complexity index is 664. The Balaban J connectivity index is 1.71. The molecule has 1 atom stereocenters. The van der Waals surface area contributed by atoms with Crippen LogP contribution < -0.4 is 0 Å². The summed E-state index contributed by atoms with van der Waals surface area (Å²) in [6, 6.07) is 7.63. The largest absolute Gasteiger partial charge is 0.481 e. The molecule has 3 rings (SSSR count). The number of hydrogen-bond acceptors (Lipinski definition) is 4. The zero-order valence-electron chi connectivity index (χ0n) is 12.0. The maximum absolute atomic E-state index is 12.4. The number of carbonyl (C=O) groups is 2. The molecule has 22 heavy (non-hydrogen) atoms. The molecule has 0 saturated carbocycles. The van der Waals surface area contributed by atoms with Gasteiger partial charge in [-0.25, -0.2) is 0 Å². The van der Waals surface area contributed by atoms with Crippen molar-refractivity contribution >= 4 is 22.8 Å². The lowest BCUT2D eigenvalue weighted by Crippen LogP contribution is -2.39. The van der Waals surface area contributed by atoms with Crippen LogP contribution in [0.5, 0.6) is 0 Å². The van der Waals surface area contributed by atoms with E-state index in [1.54, 1.807) is 4.68 Å². The van der Waals surface area contributed by atoms with Gasteiger partial charge >= 0.3 is 5.97 Å². The first-order valence-corrected chi connectivity index (χ1v) is 7.14. The van der Waals surface area contributed by atoms with Crippen LogP contribution in [0.2, 0.25) is 0 Å². The van der Waals surface area contributed by atoms with Crippen LogP contribution in [0.1, 0.15) is 0 Å². The number of carboxylic acids is 1. The molecule has 2 aromatic rings. The Morgan fingerprint density at radius 1 is 1.36 bits per heavy atom. The second kappa shape index (κ2) is 6.15. The summed E-state index contributed by atoms with van der Waals surface area (Å²) in [5, 5.41) is 14.4. The standard InChI is InChI=1S/C15H17N3O4/c19-14(17-5-6-22-10-12(7-17)15(20)21)9-18-8-11-3-1-2-4-13(11)16-18/h1-4,8,12H,5-7,9-10H2,(H,20,21). The number of carbonyl (C=O) groups excluding carboxylic acids is 1. The van der Waals surface area contributed by atoms with Gasteiger partial charge in [0.15, 0.2) is 0 Å². The molecule has 1 aromatic heterocycles. The van der Waals surface area contributed by atoms with Crippen LogP contribution in [-0.2, 0) is 20.9 Å². The minimum atomic E-state index is -0.940. The van der Waals surface area contributed by atoms with Crippen LogP contribution in [0.3, 0.4) is 0 Å². The zero-order valence-corrected chi connectivity index (χ0v) is 12.0. The van der Waals surface area contributed by atoms with Crippen molar-refractivity contribution in [2.24, 2.45) is 5.92 Å². The summed E-state index contributed by atoms with van der Waals surface area (Å²) >= 11 is 0. The summed E-state index contributed by atoms with van der Waals surface area (Å²) in [4.78, 5) is 25.0. The van der Waals surface area contributed by atoms with Crippen molar-refractivity contribution < 1.29 is 19.4 Å². The molecule has 0 radical (unpaired) electrons. The molecule has 0 spiro atoms. The van der Waals surface area contributed by atoms with Gasteiger partial charge in [0.25, 0.3) is 0 Å². The van der Waals surface area contributed by atoms with Gasteiger partial charge < -0.3 is 14.7 Å². The number of aromatic nitrogens is 2. The van der Waals surface area contributed by atoms with Crippen molar-refractivity contribution in [1.29, 1.82) is 0 Å². The fraction of sp³-hybridized carbons (Fsp3) is 0.400. The molecule has 116 valence electrons. The second-order valence-corrected chi connectivity index (χ2v) is 5.34. The third-order valence-corrected chi connectivity index (χ3v) is 3.73. The van der Waals surface area contributed by atoms with Gasteiger partial charge in [-0.15, -0.1) is 0 Å². The lowest BCUT2D eigenvalue weighted by Gasteiger charge is -2.21. The number of aliphatic carboxylic acids is 1. The van der Waals surface area contributed by atoms with Gasteiger partial charge in [-0.1, -0.05) is 18.2 Å². The number of rotatable bonds is 3. The first kappa shape index (κ1) is 14.5. The predicted octanol–water partition coefficient (Wildman–Crippen LogP) is 0.596. The summed E-state index contributed by atoms with van der Waals surface area (Å²) in [5.41, 5.74) is 0.831. The van der Waals surface area contributed by atoms with E-state index in [-0.39, 0.29) is 25.6 Å². The molecule has 1 amide bonds. The number of hydrogen-bond donors (Lipinski definition) is 1. The Labute approximate surface area is 127 Å². The Morgan fingerprint density at radius 3 is 2.95 bits per heavy atom. The lowest BCUT2D eigenvalue weighted by molar-refractivity contribution is -0.144. The van der Waals surface area contributed by atoms with Crippen LogP contribution in [0.15, 0.2) is 30.5 Å². The second-order valence-electron chi connectivity index (χ2n) is 5.34. The van der Waals surface area contributed by atoms with Crippen LogP contribution in [0, 0.1) is 5.92 Å². The fourth-order valence-electron chi connectivity index (χ4n) is 2.52. The summed E-state index contributed by atoms with van der Waals surface area (Å²) in [5.74, 6) is -1.77. The van der Waals surface area contributed by atoms with E-state index in [4.69, 9.17) is 9.84 Å². The average Bonchev–Trinajstić information content (AvgIpc) is 2.73. The topological polar surface area (TPSA) is 84.7 Å². The third kappa shape index (κ3) is 3.09. The monoisotopic (exact) mass is 303 g/mol. The van der Waals surface area contributed by atoms with Gasteiger partial charge in [0.05, 0.1) is 24.6 Å². The van der Waals surface area contributed by atoms with Crippen molar-refractivity contribution in [3.8, 4) is 0 Å². The van der Waals surface area contributed by atoms with E-state index in [1.807, 2.05) is 30.5 Å². The highest BCUT2D eigenvalue weighted by Crippen LogP contribution is 2.12. The smallest absolute Gasteiger partial charge is 0.310 e. The van der Waals surface area contributed by atoms with E-state index in [9.17, 15) is 9.59 Å². The first-order chi connectivity index (χ1) is 10.6. The molecule has 7 heteroatoms. The van der Waals surface area contributed by atoms with Gasteiger partial charge in [-0.05, 0) is 6.07 Å². The van der Waals surface area contributed by atoms with Crippen molar-refractivity contribution in [1.82, 2.24) is 14.7 Å². The summed E-state index contributed by atoms with van der Waals surface area (Å²) in [7, 11) is 0. The number of benzene rings is 1. The molecule has 0 aliphatic carbocycles. The number of fused-ring (bicyclic) bond motifs is 1. The van der Waals surface area contributed by atoms with Crippen LogP contribution in [0.4, 0.5) is 0 Å². The zero-order chi connectivity index (χ0) is 15.5. The molecule has 1 fully saturated rings. The molecule has 1 unspecified atom stereocenters. The highest BCUT2D eigenvalue weighted by molar-refractivity contribution is 5.80. The van der Waals surface area contributed by atoms with E-state index in [0.29, 0.717) is 13.2 Å². The van der Waals surface area contributed by atoms with Crippen LogP contribution >= 0.6 is 0 Å². The Kier molecular flexibility index (Phi) is 4.06. The normalized spacial score (nSPS) is 19.1. The number of nitrogens with zero attached hydrogens (tertiary/aromatic N) is 3. The predicted molar refractivity (Wildman–Crippen MR) is 78.3 cm³/mol. The van der Waals surface area contributed by atoms with E-state index < -0.39 is 11.9 Å². The molecular weight excluding hydrogens is 286 g/mol. The Hall–Kier alpha value is -2.41. The highest BCUT2D eigenvalue weighted by Gasteiger charge is 2.27. The van der Waals surface area contributed by atoms with Gasteiger partial charge in [0.1, 0.15) is 6.54 Å². The number of amides is 1. The number of carboxylic acid groups (broad SMARTS) is 1. The maximum atomic E-state index is 12.4. The molecule has 1 N–H and O–H groups in total. The average molecular weight is 303 g/mol. The molecule has 0 bridgehead atoms.